The molecular weight excluding hydrogens is 600 g/mol. The standard InChI is InChI=1S/C34H42N6O5Si/c1-21-19-40(20-28(39-33(42)43)31(21)45-46(6,7)34(2,3)4)29-14-15-35-18-27(29)38-32(41)25-12-10-22-8-9-23(16-26(22)37-25)24-11-13-30(44-5)36-17-24/h8-18,21,28,31,39H,19-20H2,1-7H3,(H,38,41)(H,42,43)/t21-,28+,31-/m0/s1. The Hall–Kier alpha value is -4.55. The zero-order valence-corrected chi connectivity index (χ0v) is 28.4. The summed E-state index contributed by atoms with van der Waals surface area (Å²) in [6, 6.07) is 14.5. The lowest BCUT2D eigenvalue weighted by Crippen LogP contribution is -2.62. The number of piperidine rings is 1. The van der Waals surface area contributed by atoms with E-state index in [-0.39, 0.29) is 28.7 Å². The molecule has 0 unspecified atom stereocenters. The largest absolute Gasteiger partial charge is 0.481 e. The normalized spacial score (nSPS) is 18.7. The van der Waals surface area contributed by atoms with Crippen LogP contribution < -0.4 is 20.3 Å². The lowest BCUT2D eigenvalue weighted by Gasteiger charge is -2.48. The molecule has 5 rings (SSSR count). The second kappa shape index (κ2) is 13.0. The number of pyridine rings is 3. The molecule has 0 bridgehead atoms. The zero-order chi connectivity index (χ0) is 33.2. The van der Waals surface area contributed by atoms with Crippen molar-refractivity contribution in [1.29, 1.82) is 0 Å². The van der Waals surface area contributed by atoms with Crippen molar-refractivity contribution in [3.05, 3.63) is 72.8 Å². The van der Waals surface area contributed by atoms with E-state index in [0.717, 1.165) is 22.2 Å². The van der Waals surface area contributed by atoms with Crippen molar-refractivity contribution in [3.8, 4) is 17.0 Å². The molecule has 4 aromatic rings. The number of carbonyl (C=O) groups is 2. The molecule has 1 aliphatic rings. The van der Waals surface area contributed by atoms with Gasteiger partial charge in [0.1, 0.15) is 5.69 Å². The fourth-order valence-corrected chi connectivity index (χ4v) is 6.93. The van der Waals surface area contributed by atoms with Crippen LogP contribution in [0.2, 0.25) is 18.1 Å². The van der Waals surface area contributed by atoms with Crippen LogP contribution in [0.3, 0.4) is 0 Å². The van der Waals surface area contributed by atoms with E-state index < -0.39 is 20.5 Å². The maximum absolute atomic E-state index is 13.5. The molecule has 2 amide bonds. The Bertz CT molecular complexity index is 1730. The molecule has 0 radical (unpaired) electrons. The Labute approximate surface area is 270 Å². The van der Waals surface area contributed by atoms with Crippen LogP contribution in [-0.4, -0.2) is 72.7 Å². The highest BCUT2D eigenvalue weighted by Crippen LogP contribution is 2.40. The molecule has 46 heavy (non-hydrogen) atoms. The van der Waals surface area contributed by atoms with Gasteiger partial charge >= 0.3 is 6.09 Å². The summed E-state index contributed by atoms with van der Waals surface area (Å²) in [6.07, 6.45) is 3.62. The number of rotatable bonds is 8. The number of hydrogen-bond acceptors (Lipinski definition) is 8. The van der Waals surface area contributed by atoms with Gasteiger partial charge < -0.3 is 29.8 Å². The van der Waals surface area contributed by atoms with Gasteiger partial charge in [-0.25, -0.2) is 14.8 Å². The summed E-state index contributed by atoms with van der Waals surface area (Å²) < 4.78 is 11.9. The molecule has 0 spiro atoms. The Morgan fingerprint density at radius 3 is 2.43 bits per heavy atom. The Morgan fingerprint density at radius 1 is 1.02 bits per heavy atom. The average molecular weight is 643 g/mol. The molecule has 11 nitrogen and oxygen atoms in total. The van der Waals surface area contributed by atoms with Gasteiger partial charge in [0.25, 0.3) is 5.91 Å². The predicted octanol–water partition coefficient (Wildman–Crippen LogP) is 6.44. The summed E-state index contributed by atoms with van der Waals surface area (Å²) in [5.74, 6) is 0.161. The fourth-order valence-electron chi connectivity index (χ4n) is 5.50. The van der Waals surface area contributed by atoms with E-state index in [2.05, 4.69) is 71.3 Å². The number of methoxy groups -OCH3 is 1. The van der Waals surface area contributed by atoms with Crippen LogP contribution in [0.5, 0.6) is 5.88 Å². The summed E-state index contributed by atoms with van der Waals surface area (Å²) in [7, 11) is -0.605. The molecule has 4 heterocycles. The molecule has 3 N–H and O–H groups in total. The third-order valence-corrected chi connectivity index (χ3v) is 13.5. The Kier molecular flexibility index (Phi) is 9.31. The number of anilines is 2. The van der Waals surface area contributed by atoms with Crippen LogP contribution >= 0.6 is 0 Å². The van der Waals surface area contributed by atoms with E-state index in [1.807, 2.05) is 36.4 Å². The van der Waals surface area contributed by atoms with Crippen molar-refractivity contribution in [3.63, 3.8) is 0 Å². The molecule has 242 valence electrons. The van der Waals surface area contributed by atoms with Crippen molar-refractivity contribution in [2.45, 2.75) is 58.0 Å². The molecule has 12 heteroatoms. The van der Waals surface area contributed by atoms with Crippen LogP contribution in [0.1, 0.15) is 38.2 Å². The van der Waals surface area contributed by atoms with Gasteiger partial charge in [0.15, 0.2) is 8.32 Å². The summed E-state index contributed by atoms with van der Waals surface area (Å²) >= 11 is 0. The smallest absolute Gasteiger partial charge is 0.405 e. The highest BCUT2D eigenvalue weighted by atomic mass is 28.4. The molecule has 3 atom stereocenters. The highest BCUT2D eigenvalue weighted by molar-refractivity contribution is 6.74. The van der Waals surface area contributed by atoms with Gasteiger partial charge in [-0.1, -0.05) is 45.9 Å². The van der Waals surface area contributed by atoms with Crippen molar-refractivity contribution in [1.82, 2.24) is 20.3 Å². The minimum absolute atomic E-state index is 0.00805. The minimum Gasteiger partial charge on any atom is -0.481 e. The van der Waals surface area contributed by atoms with Crippen molar-refractivity contribution < 1.29 is 23.9 Å². The van der Waals surface area contributed by atoms with Crippen LogP contribution in [0, 0.1) is 5.92 Å². The van der Waals surface area contributed by atoms with Gasteiger partial charge in [0, 0.05) is 48.4 Å². The number of ether oxygens (including phenoxy) is 1. The van der Waals surface area contributed by atoms with Crippen LogP contribution in [-0.2, 0) is 4.43 Å². The van der Waals surface area contributed by atoms with Crippen molar-refractivity contribution in [2.24, 2.45) is 5.92 Å². The third kappa shape index (κ3) is 7.13. The zero-order valence-electron chi connectivity index (χ0n) is 27.4. The average Bonchev–Trinajstić information content (AvgIpc) is 3.01. The first-order chi connectivity index (χ1) is 21.8. The van der Waals surface area contributed by atoms with E-state index >= 15 is 0 Å². The van der Waals surface area contributed by atoms with Gasteiger partial charge in [0.2, 0.25) is 5.88 Å². The topological polar surface area (TPSA) is 139 Å². The molecular formula is C34H42N6O5Si. The molecule has 0 saturated carbocycles. The van der Waals surface area contributed by atoms with E-state index in [0.29, 0.717) is 30.2 Å². The van der Waals surface area contributed by atoms with Gasteiger partial charge in [0.05, 0.1) is 42.3 Å². The maximum atomic E-state index is 13.5. The monoisotopic (exact) mass is 642 g/mol. The lowest BCUT2D eigenvalue weighted by molar-refractivity contribution is 0.0722. The van der Waals surface area contributed by atoms with Crippen LogP contribution in [0.15, 0.2) is 67.1 Å². The van der Waals surface area contributed by atoms with Crippen molar-refractivity contribution >= 4 is 42.6 Å². The van der Waals surface area contributed by atoms with Gasteiger partial charge in [-0.3, -0.25) is 9.78 Å². The molecule has 1 fully saturated rings. The number of nitrogens with one attached hydrogen (secondary N) is 2. The first-order valence-corrected chi connectivity index (χ1v) is 18.3. The van der Waals surface area contributed by atoms with Crippen LogP contribution in [0.4, 0.5) is 16.2 Å². The predicted molar refractivity (Wildman–Crippen MR) is 182 cm³/mol. The summed E-state index contributed by atoms with van der Waals surface area (Å²) in [4.78, 5) is 40.7. The Balaban J connectivity index is 1.37. The quantitative estimate of drug-likeness (QED) is 0.185. The lowest BCUT2D eigenvalue weighted by atomic mass is 9.92. The van der Waals surface area contributed by atoms with Gasteiger partial charge in [-0.2, -0.15) is 0 Å². The number of carbonyl (C=O) groups excluding carboxylic acids is 1. The van der Waals surface area contributed by atoms with Gasteiger partial charge in [-0.05, 0) is 48.0 Å². The molecule has 1 aromatic carbocycles. The molecule has 1 saturated heterocycles. The van der Waals surface area contributed by atoms with Crippen LogP contribution in [0.25, 0.3) is 22.0 Å². The van der Waals surface area contributed by atoms with E-state index in [9.17, 15) is 14.7 Å². The molecule has 3 aromatic heterocycles. The SMILES string of the molecule is COc1ccc(-c2ccc3ccc(C(=O)Nc4cnccc4N4C[C@H](C)[C@H](O[Si](C)(C)C(C)(C)C)[C@H](NC(=O)O)C4)nc3c2)cn1. The third-order valence-electron chi connectivity index (χ3n) is 9.02. The number of amides is 2. The second-order valence-corrected chi connectivity index (χ2v) is 18.1. The van der Waals surface area contributed by atoms with E-state index in [1.54, 1.807) is 37.8 Å². The number of benzene rings is 1. The molecule has 1 aliphatic heterocycles. The summed E-state index contributed by atoms with van der Waals surface area (Å²) in [6.45, 7) is 13.9. The number of fused-ring (bicyclic) bond motifs is 1. The first-order valence-electron chi connectivity index (χ1n) is 15.3. The summed E-state index contributed by atoms with van der Waals surface area (Å²) in [5.41, 5.74) is 4.01. The van der Waals surface area contributed by atoms with Gasteiger partial charge in [-0.15, -0.1) is 0 Å². The summed E-state index contributed by atoms with van der Waals surface area (Å²) in [5, 5.41) is 16.3. The molecule has 0 aliphatic carbocycles. The number of hydrogen-bond donors (Lipinski definition) is 3. The van der Waals surface area contributed by atoms with E-state index in [1.165, 1.54) is 0 Å². The van der Waals surface area contributed by atoms with Crippen molar-refractivity contribution in [2.75, 3.05) is 30.4 Å². The number of aromatic nitrogens is 3. The number of nitrogens with zero attached hydrogens (tertiary/aromatic N) is 4. The second-order valence-electron chi connectivity index (χ2n) is 13.3. The maximum Gasteiger partial charge on any atom is 0.405 e. The minimum atomic E-state index is -2.18. The Morgan fingerprint density at radius 2 is 1.76 bits per heavy atom. The fraction of sp³-hybridized carbons (Fsp3) is 0.382. The van der Waals surface area contributed by atoms with E-state index in [4.69, 9.17) is 9.16 Å². The first kappa shape index (κ1) is 32.8. The highest BCUT2D eigenvalue weighted by Gasteiger charge is 2.45. The number of carboxylic acid groups (broad SMARTS) is 1.